The van der Waals surface area contributed by atoms with E-state index in [-0.39, 0.29) is 23.7 Å². The van der Waals surface area contributed by atoms with Crippen molar-refractivity contribution < 1.29 is 13.9 Å². The summed E-state index contributed by atoms with van der Waals surface area (Å²) in [6.07, 6.45) is 2.22. The maximum atomic E-state index is 13.1. The second-order valence-corrected chi connectivity index (χ2v) is 7.37. The molecule has 4 rings (SSSR count). The molecule has 1 fully saturated rings. The van der Waals surface area contributed by atoms with E-state index in [1.807, 2.05) is 4.90 Å². The number of carbonyl (C=O) groups excluding carboxylic acids is 1. The average Bonchev–Trinajstić information content (AvgIpc) is 3.45. The van der Waals surface area contributed by atoms with E-state index in [4.69, 9.17) is 10.5 Å². The first-order valence-electron chi connectivity index (χ1n) is 9.82. The molecule has 9 heteroatoms. The lowest BCUT2D eigenvalue weighted by atomic mass is 9.99. The fraction of sp³-hybridized carbons (Fsp3) is 0.333. The molecule has 30 heavy (non-hydrogen) atoms. The molecule has 1 amide bonds. The fourth-order valence-electron chi connectivity index (χ4n) is 3.57. The number of hydrogen-bond acceptors (Lipinski definition) is 6. The highest BCUT2D eigenvalue weighted by Gasteiger charge is 2.28. The third-order valence-corrected chi connectivity index (χ3v) is 5.17. The highest BCUT2D eigenvalue weighted by atomic mass is 19.1. The molecular weight excluding hydrogens is 387 g/mol. The van der Waals surface area contributed by atoms with E-state index in [0.29, 0.717) is 37.6 Å². The number of nitrogens with zero attached hydrogens (tertiary/aromatic N) is 5. The number of rotatable bonds is 7. The number of likely N-dealkylation sites (tertiary alicyclic amines) is 1. The first-order valence-corrected chi connectivity index (χ1v) is 9.82. The van der Waals surface area contributed by atoms with Gasteiger partial charge in [-0.15, -0.1) is 10.2 Å². The van der Waals surface area contributed by atoms with Crippen LogP contribution in [-0.2, 0) is 6.54 Å². The van der Waals surface area contributed by atoms with Crippen LogP contribution in [-0.4, -0.2) is 56.8 Å². The lowest BCUT2D eigenvalue weighted by Gasteiger charge is -2.17. The Kier molecular flexibility index (Phi) is 5.99. The highest BCUT2D eigenvalue weighted by molar-refractivity contribution is 5.94. The minimum absolute atomic E-state index is 0.0138. The minimum Gasteiger partial charge on any atom is -0.492 e. The maximum Gasteiger partial charge on any atom is 0.253 e. The maximum absolute atomic E-state index is 13.1. The molecule has 0 radical (unpaired) electrons. The van der Waals surface area contributed by atoms with Gasteiger partial charge in [0.25, 0.3) is 5.91 Å². The fourth-order valence-corrected chi connectivity index (χ4v) is 3.57. The second-order valence-electron chi connectivity index (χ2n) is 7.37. The van der Waals surface area contributed by atoms with Gasteiger partial charge in [-0.3, -0.25) is 4.79 Å². The van der Waals surface area contributed by atoms with E-state index >= 15 is 0 Å². The summed E-state index contributed by atoms with van der Waals surface area (Å²) in [4.78, 5) is 16.1. The van der Waals surface area contributed by atoms with E-state index < -0.39 is 0 Å². The molecule has 2 atom stereocenters. The molecule has 0 aliphatic carbocycles. The molecule has 3 aromatic rings. The van der Waals surface area contributed by atoms with Crippen LogP contribution < -0.4 is 10.5 Å². The van der Waals surface area contributed by atoms with Crippen molar-refractivity contribution >= 4 is 5.91 Å². The van der Waals surface area contributed by atoms with E-state index in [0.717, 1.165) is 12.0 Å². The number of amides is 1. The average molecular weight is 410 g/mol. The normalized spacial score (nSPS) is 17.1. The Morgan fingerprint density at radius 2 is 1.97 bits per heavy atom. The van der Waals surface area contributed by atoms with Crippen LogP contribution in [0.2, 0.25) is 0 Å². The van der Waals surface area contributed by atoms with Gasteiger partial charge in [0, 0.05) is 24.6 Å². The number of hydrogen-bond donors (Lipinski definition) is 1. The van der Waals surface area contributed by atoms with Gasteiger partial charge in [-0.1, -0.05) is 12.1 Å². The Balaban J connectivity index is 1.29. The molecule has 2 N–H and O–H groups in total. The topological polar surface area (TPSA) is 99.2 Å². The summed E-state index contributed by atoms with van der Waals surface area (Å²) in [5.41, 5.74) is 7.68. The van der Waals surface area contributed by atoms with Crippen LogP contribution in [0.5, 0.6) is 5.75 Å². The van der Waals surface area contributed by atoms with Crippen LogP contribution in [0.3, 0.4) is 0 Å². The molecule has 2 aromatic carbocycles. The first kappa shape index (κ1) is 20.0. The Labute approximate surface area is 173 Å². The van der Waals surface area contributed by atoms with Crippen molar-refractivity contribution in [3.05, 3.63) is 71.8 Å². The number of ether oxygens (including phenoxy) is 1. The van der Waals surface area contributed by atoms with Gasteiger partial charge in [-0.25, -0.2) is 4.39 Å². The van der Waals surface area contributed by atoms with Crippen molar-refractivity contribution in [3.63, 3.8) is 0 Å². The van der Waals surface area contributed by atoms with Gasteiger partial charge in [-0.2, -0.15) is 4.80 Å². The number of nitrogens with two attached hydrogens (primary N) is 1. The Morgan fingerprint density at radius 1 is 1.20 bits per heavy atom. The minimum atomic E-state index is -0.284. The van der Waals surface area contributed by atoms with Crippen LogP contribution >= 0.6 is 0 Å². The summed E-state index contributed by atoms with van der Waals surface area (Å²) in [6.45, 7) is 2.01. The van der Waals surface area contributed by atoms with E-state index in [1.54, 1.807) is 36.4 Å². The molecule has 1 aliphatic rings. The van der Waals surface area contributed by atoms with Crippen LogP contribution in [0.25, 0.3) is 0 Å². The molecular formula is C21H23FN6O2. The predicted molar refractivity (Wildman–Crippen MR) is 107 cm³/mol. The largest absolute Gasteiger partial charge is 0.492 e. The molecule has 1 saturated heterocycles. The third-order valence-electron chi connectivity index (χ3n) is 5.17. The Morgan fingerprint density at radius 3 is 2.67 bits per heavy atom. The predicted octanol–water partition coefficient (Wildman–Crippen LogP) is 1.85. The number of halogens is 1. The van der Waals surface area contributed by atoms with E-state index in [1.165, 1.54) is 23.3 Å². The lowest BCUT2D eigenvalue weighted by molar-refractivity contribution is 0.0790. The molecule has 2 heterocycles. The zero-order valence-electron chi connectivity index (χ0n) is 16.4. The van der Waals surface area contributed by atoms with E-state index in [9.17, 15) is 9.18 Å². The van der Waals surface area contributed by atoms with Crippen molar-refractivity contribution in [2.75, 3.05) is 19.7 Å². The summed E-state index contributed by atoms with van der Waals surface area (Å²) in [6, 6.07) is 13.3. The van der Waals surface area contributed by atoms with Gasteiger partial charge in [-0.05, 0) is 53.6 Å². The number of carbonyl (C=O) groups is 1. The summed E-state index contributed by atoms with van der Waals surface area (Å²) in [5, 5.41) is 11.3. The third kappa shape index (κ3) is 4.80. The van der Waals surface area contributed by atoms with E-state index in [2.05, 4.69) is 15.4 Å². The van der Waals surface area contributed by atoms with Gasteiger partial charge in [0.15, 0.2) is 6.33 Å². The quantitative estimate of drug-likeness (QED) is 0.638. The van der Waals surface area contributed by atoms with Crippen molar-refractivity contribution in [3.8, 4) is 5.75 Å². The van der Waals surface area contributed by atoms with Gasteiger partial charge < -0.3 is 15.4 Å². The summed E-state index contributed by atoms with van der Waals surface area (Å²) >= 11 is 0. The lowest BCUT2D eigenvalue weighted by Crippen LogP contribution is -2.33. The van der Waals surface area contributed by atoms with Crippen LogP contribution in [0.15, 0.2) is 54.9 Å². The Hall–Kier alpha value is -3.33. The zero-order chi connectivity index (χ0) is 20.9. The van der Waals surface area contributed by atoms with Crippen molar-refractivity contribution in [1.82, 2.24) is 25.1 Å². The summed E-state index contributed by atoms with van der Waals surface area (Å²) in [7, 11) is 0. The number of benzene rings is 2. The van der Waals surface area contributed by atoms with Gasteiger partial charge in [0.05, 0.1) is 12.6 Å². The molecule has 0 bridgehead atoms. The summed E-state index contributed by atoms with van der Waals surface area (Å²) < 4.78 is 18.8. The monoisotopic (exact) mass is 410 g/mol. The molecule has 0 saturated carbocycles. The van der Waals surface area contributed by atoms with Gasteiger partial charge in [0.2, 0.25) is 0 Å². The molecule has 1 unspecified atom stereocenters. The van der Waals surface area contributed by atoms with Crippen LogP contribution in [0.1, 0.15) is 28.3 Å². The first-order chi connectivity index (χ1) is 14.6. The van der Waals surface area contributed by atoms with Crippen LogP contribution in [0, 0.1) is 5.82 Å². The second kappa shape index (κ2) is 9.00. The Bertz CT molecular complexity index is 962. The molecule has 0 spiro atoms. The number of aromatic nitrogens is 4. The van der Waals surface area contributed by atoms with Gasteiger partial charge >= 0.3 is 0 Å². The SMILES string of the molecule is NC(COc1ccc(C(=O)N2CC[C@@H](c3ccc(F)cc3)C2)cc1)Cn1ncnn1. The smallest absolute Gasteiger partial charge is 0.253 e. The number of tetrazole rings is 1. The molecule has 8 nitrogen and oxygen atoms in total. The van der Waals surface area contributed by atoms with Gasteiger partial charge in [0.1, 0.15) is 18.2 Å². The molecule has 156 valence electrons. The highest BCUT2D eigenvalue weighted by Crippen LogP contribution is 2.28. The molecule has 1 aromatic heterocycles. The van der Waals surface area contributed by atoms with Crippen molar-refractivity contribution in [2.45, 2.75) is 24.9 Å². The summed E-state index contributed by atoms with van der Waals surface area (Å²) in [5.74, 6) is 0.611. The molecule has 1 aliphatic heterocycles. The van der Waals surface area contributed by atoms with Crippen LogP contribution in [0.4, 0.5) is 4.39 Å². The van der Waals surface area contributed by atoms with Crippen molar-refractivity contribution in [1.29, 1.82) is 0 Å². The van der Waals surface area contributed by atoms with Crippen molar-refractivity contribution in [2.24, 2.45) is 5.73 Å². The zero-order valence-corrected chi connectivity index (χ0v) is 16.4. The standard InChI is InChI=1S/C21H23FN6O2/c22-18-5-1-15(2-6-18)17-9-10-27(11-17)21(29)16-3-7-20(8-4-16)30-13-19(23)12-28-25-14-24-26-28/h1-8,14,17,19H,9-13,23H2/t17-,19?/m1/s1.